The largest absolute Gasteiger partial charge is 0.469 e. The van der Waals surface area contributed by atoms with Crippen molar-refractivity contribution in [2.75, 3.05) is 21.2 Å². The van der Waals surface area contributed by atoms with Crippen LogP contribution in [0.1, 0.15) is 12.6 Å². The Bertz CT molecular complexity index is 556. The summed E-state index contributed by atoms with van der Waals surface area (Å²) in [7, 11) is 4.58. The standard InChI is InChI=1S/C12H17N3O4S/c1-7(11(18)15(2)3)20-12-13-8(5-9(16)14-12)6-10(17)19-4/h5,7H,6H2,1-4H3,(H,13,14,16)/t7-/m1/s1. The summed E-state index contributed by atoms with van der Waals surface area (Å²) in [6.07, 6.45) is -0.0794. The zero-order valence-electron chi connectivity index (χ0n) is 11.8. The van der Waals surface area contributed by atoms with E-state index in [0.717, 1.165) is 11.8 Å². The van der Waals surface area contributed by atoms with Gasteiger partial charge in [0.25, 0.3) is 5.56 Å². The molecular formula is C12H17N3O4S. The lowest BCUT2D eigenvalue weighted by atomic mass is 10.3. The molecule has 1 atom stereocenters. The van der Waals surface area contributed by atoms with E-state index in [9.17, 15) is 14.4 Å². The maximum Gasteiger partial charge on any atom is 0.311 e. The Hall–Kier alpha value is -1.83. The van der Waals surface area contributed by atoms with Crippen LogP contribution in [-0.2, 0) is 20.7 Å². The molecule has 1 rings (SSSR count). The van der Waals surface area contributed by atoms with Crippen LogP contribution in [0.25, 0.3) is 0 Å². The number of hydrogen-bond donors (Lipinski definition) is 1. The molecule has 0 spiro atoms. The van der Waals surface area contributed by atoms with Crippen molar-refractivity contribution in [3.63, 3.8) is 0 Å². The summed E-state index contributed by atoms with van der Waals surface area (Å²) in [5.74, 6) is -0.563. The van der Waals surface area contributed by atoms with E-state index in [1.807, 2.05) is 0 Å². The van der Waals surface area contributed by atoms with Crippen molar-refractivity contribution < 1.29 is 14.3 Å². The molecule has 1 aromatic rings. The van der Waals surface area contributed by atoms with Crippen LogP contribution in [0.4, 0.5) is 0 Å². The van der Waals surface area contributed by atoms with Gasteiger partial charge in [-0.2, -0.15) is 0 Å². The zero-order valence-corrected chi connectivity index (χ0v) is 12.6. The van der Waals surface area contributed by atoms with Crippen molar-refractivity contribution in [2.24, 2.45) is 0 Å². The minimum Gasteiger partial charge on any atom is -0.469 e. The molecule has 0 unspecified atom stereocenters. The van der Waals surface area contributed by atoms with Crippen LogP contribution < -0.4 is 5.56 Å². The highest BCUT2D eigenvalue weighted by Crippen LogP contribution is 2.19. The molecule has 0 bridgehead atoms. The Morgan fingerprint density at radius 1 is 1.50 bits per heavy atom. The average molecular weight is 299 g/mol. The topological polar surface area (TPSA) is 92.4 Å². The van der Waals surface area contributed by atoms with Crippen molar-refractivity contribution in [1.29, 1.82) is 0 Å². The van der Waals surface area contributed by atoms with Gasteiger partial charge in [-0.05, 0) is 6.92 Å². The second-order valence-corrected chi connectivity index (χ2v) is 5.62. The molecule has 0 saturated heterocycles. The summed E-state index contributed by atoms with van der Waals surface area (Å²) in [5, 5.41) is -0.0828. The summed E-state index contributed by atoms with van der Waals surface area (Å²) in [5.41, 5.74) is -0.0569. The van der Waals surface area contributed by atoms with Crippen molar-refractivity contribution in [2.45, 2.75) is 23.8 Å². The number of nitrogens with one attached hydrogen (secondary N) is 1. The number of nitrogens with zero attached hydrogens (tertiary/aromatic N) is 2. The molecule has 0 aromatic carbocycles. The van der Waals surface area contributed by atoms with Gasteiger partial charge in [0.2, 0.25) is 5.91 Å². The zero-order chi connectivity index (χ0) is 15.3. The Balaban J connectivity index is 2.88. The number of esters is 1. The van der Waals surface area contributed by atoms with E-state index in [-0.39, 0.29) is 23.1 Å². The molecule has 110 valence electrons. The molecule has 7 nitrogen and oxygen atoms in total. The predicted octanol–water partition coefficient (Wildman–Crippen LogP) is 0.0542. The van der Waals surface area contributed by atoms with Gasteiger partial charge in [0.05, 0.1) is 24.5 Å². The van der Waals surface area contributed by atoms with Crippen LogP contribution in [0.2, 0.25) is 0 Å². The Morgan fingerprint density at radius 2 is 2.15 bits per heavy atom. The first-order valence-electron chi connectivity index (χ1n) is 5.88. The van der Waals surface area contributed by atoms with Gasteiger partial charge in [-0.1, -0.05) is 11.8 Å². The van der Waals surface area contributed by atoms with E-state index in [0.29, 0.717) is 10.9 Å². The van der Waals surface area contributed by atoms with Crippen LogP contribution in [0.15, 0.2) is 16.0 Å². The van der Waals surface area contributed by atoms with Gasteiger partial charge in [-0.3, -0.25) is 14.4 Å². The molecule has 1 N–H and O–H groups in total. The molecule has 8 heteroatoms. The normalized spacial score (nSPS) is 11.8. The van der Waals surface area contributed by atoms with Gasteiger partial charge in [-0.15, -0.1) is 0 Å². The molecule has 1 amide bonds. The molecule has 1 aromatic heterocycles. The fourth-order valence-corrected chi connectivity index (χ4v) is 2.41. The minimum absolute atomic E-state index is 0.0794. The quantitative estimate of drug-likeness (QED) is 0.469. The third-order valence-corrected chi connectivity index (χ3v) is 3.37. The van der Waals surface area contributed by atoms with E-state index in [1.54, 1.807) is 21.0 Å². The number of carbonyl (C=O) groups excluding carboxylic acids is 2. The highest BCUT2D eigenvalue weighted by Gasteiger charge is 2.18. The summed E-state index contributed by atoms with van der Waals surface area (Å²) in [4.78, 5) is 42.6. The highest BCUT2D eigenvalue weighted by atomic mass is 32.2. The Kier molecular flexibility index (Phi) is 5.75. The second kappa shape index (κ2) is 7.09. The van der Waals surface area contributed by atoms with E-state index >= 15 is 0 Å². The van der Waals surface area contributed by atoms with Crippen LogP contribution in [0.5, 0.6) is 0 Å². The Labute approximate surface area is 120 Å². The molecule has 0 saturated carbocycles. The lowest BCUT2D eigenvalue weighted by molar-refractivity contribution is -0.139. The maximum absolute atomic E-state index is 11.8. The molecule has 1 heterocycles. The third-order valence-electron chi connectivity index (χ3n) is 2.40. The maximum atomic E-state index is 11.8. The SMILES string of the molecule is COC(=O)Cc1cc(=O)[nH]c(S[C@H](C)C(=O)N(C)C)n1. The fraction of sp³-hybridized carbons (Fsp3) is 0.500. The van der Waals surface area contributed by atoms with Gasteiger partial charge >= 0.3 is 5.97 Å². The number of aromatic amines is 1. The highest BCUT2D eigenvalue weighted by molar-refractivity contribution is 8.00. The summed E-state index contributed by atoms with van der Waals surface area (Å²) < 4.78 is 4.53. The van der Waals surface area contributed by atoms with Gasteiger partial charge in [0.15, 0.2) is 5.16 Å². The third kappa shape index (κ3) is 4.69. The number of carbonyl (C=O) groups is 2. The van der Waals surface area contributed by atoms with Gasteiger partial charge in [0, 0.05) is 20.2 Å². The van der Waals surface area contributed by atoms with Crippen molar-refractivity contribution >= 4 is 23.6 Å². The number of amides is 1. The Morgan fingerprint density at radius 3 is 2.70 bits per heavy atom. The van der Waals surface area contributed by atoms with Gasteiger partial charge < -0.3 is 14.6 Å². The summed E-state index contributed by atoms with van der Waals surface area (Å²) in [6, 6.07) is 1.24. The predicted molar refractivity (Wildman–Crippen MR) is 74.6 cm³/mol. The van der Waals surface area contributed by atoms with Gasteiger partial charge in [0.1, 0.15) is 0 Å². The first-order chi connectivity index (χ1) is 9.33. The number of methoxy groups -OCH3 is 1. The fourth-order valence-electron chi connectivity index (χ4n) is 1.43. The van der Waals surface area contributed by atoms with E-state index < -0.39 is 5.97 Å². The van der Waals surface area contributed by atoms with Gasteiger partial charge in [-0.25, -0.2) is 4.98 Å². The van der Waals surface area contributed by atoms with Crippen LogP contribution in [0, 0.1) is 0 Å². The molecule has 0 aliphatic carbocycles. The van der Waals surface area contributed by atoms with Crippen molar-refractivity contribution in [3.8, 4) is 0 Å². The number of H-pyrrole nitrogens is 1. The first kappa shape index (κ1) is 16.2. The van der Waals surface area contributed by atoms with E-state index in [2.05, 4.69) is 14.7 Å². The number of ether oxygens (including phenoxy) is 1. The summed E-state index contributed by atoms with van der Waals surface area (Å²) in [6.45, 7) is 1.72. The average Bonchev–Trinajstić information content (AvgIpc) is 2.36. The number of hydrogen-bond acceptors (Lipinski definition) is 6. The monoisotopic (exact) mass is 299 g/mol. The smallest absolute Gasteiger partial charge is 0.311 e. The number of rotatable bonds is 5. The van der Waals surface area contributed by atoms with Crippen molar-refractivity contribution in [3.05, 3.63) is 22.1 Å². The molecule has 0 aliphatic rings. The van der Waals surface area contributed by atoms with Crippen molar-refractivity contribution in [1.82, 2.24) is 14.9 Å². The lowest BCUT2D eigenvalue weighted by Gasteiger charge is -2.15. The lowest BCUT2D eigenvalue weighted by Crippen LogP contribution is -2.30. The number of aromatic nitrogens is 2. The molecule has 20 heavy (non-hydrogen) atoms. The summed E-state index contributed by atoms with van der Waals surface area (Å²) >= 11 is 1.13. The van der Waals surface area contributed by atoms with E-state index in [1.165, 1.54) is 18.1 Å². The first-order valence-corrected chi connectivity index (χ1v) is 6.76. The molecular weight excluding hydrogens is 282 g/mol. The minimum atomic E-state index is -0.475. The van der Waals surface area contributed by atoms with Crippen LogP contribution in [-0.4, -0.2) is 53.2 Å². The molecule has 0 fully saturated rings. The van der Waals surface area contributed by atoms with Crippen LogP contribution >= 0.6 is 11.8 Å². The second-order valence-electron chi connectivity index (χ2n) is 4.29. The van der Waals surface area contributed by atoms with Crippen LogP contribution in [0.3, 0.4) is 0 Å². The number of thioether (sulfide) groups is 1. The molecule has 0 aliphatic heterocycles. The molecule has 0 radical (unpaired) electrons. The van der Waals surface area contributed by atoms with E-state index in [4.69, 9.17) is 0 Å².